The van der Waals surface area contributed by atoms with Gasteiger partial charge in [0.2, 0.25) is 5.91 Å². The number of benzene rings is 2. The Balaban J connectivity index is 1.26. The van der Waals surface area contributed by atoms with Crippen LogP contribution in [-0.2, 0) is 18.3 Å². The summed E-state index contributed by atoms with van der Waals surface area (Å²) in [6.45, 7) is 3.49. The minimum absolute atomic E-state index is 0.0826. The van der Waals surface area contributed by atoms with Crippen LogP contribution in [0, 0.1) is 5.41 Å². The van der Waals surface area contributed by atoms with Crippen LogP contribution in [0.2, 0.25) is 0 Å². The highest BCUT2D eigenvalue weighted by molar-refractivity contribution is 5.94. The van der Waals surface area contributed by atoms with Crippen molar-refractivity contribution in [1.82, 2.24) is 20.0 Å². The summed E-state index contributed by atoms with van der Waals surface area (Å²) >= 11 is 0. The summed E-state index contributed by atoms with van der Waals surface area (Å²) in [4.78, 5) is 28.8. The molecule has 2 aliphatic rings. The van der Waals surface area contributed by atoms with Gasteiger partial charge in [-0.1, -0.05) is 24.6 Å². The first kappa shape index (κ1) is 26.8. The van der Waals surface area contributed by atoms with Gasteiger partial charge in [-0.05, 0) is 81.0 Å². The van der Waals surface area contributed by atoms with Gasteiger partial charge in [0.05, 0.1) is 24.3 Å². The molecule has 0 unspecified atom stereocenters. The van der Waals surface area contributed by atoms with Crippen molar-refractivity contribution >= 4 is 11.8 Å². The van der Waals surface area contributed by atoms with Gasteiger partial charge in [0.1, 0.15) is 18.1 Å². The van der Waals surface area contributed by atoms with Crippen LogP contribution in [0.3, 0.4) is 0 Å². The monoisotopic (exact) mass is 530 g/mol. The van der Waals surface area contributed by atoms with E-state index < -0.39 is 5.41 Å². The lowest BCUT2D eigenvalue weighted by molar-refractivity contribution is -0.135. The number of rotatable bonds is 3. The van der Waals surface area contributed by atoms with Crippen molar-refractivity contribution in [2.45, 2.75) is 51.5 Å². The van der Waals surface area contributed by atoms with E-state index in [0.29, 0.717) is 38.2 Å². The fraction of sp³-hybridized carbons (Fsp3) is 0.452. The second-order valence-corrected chi connectivity index (χ2v) is 10.8. The molecule has 0 aliphatic carbocycles. The molecule has 2 aromatic carbocycles. The molecule has 3 heterocycles. The molecule has 8 nitrogen and oxygen atoms in total. The molecule has 8 heteroatoms. The van der Waals surface area contributed by atoms with Gasteiger partial charge in [0.15, 0.2) is 5.69 Å². The van der Waals surface area contributed by atoms with Gasteiger partial charge >= 0.3 is 0 Å². The Labute approximate surface area is 230 Å². The molecule has 2 amide bonds. The molecule has 206 valence electrons. The van der Waals surface area contributed by atoms with E-state index in [1.165, 1.54) is 5.56 Å². The number of amides is 2. The smallest absolute Gasteiger partial charge is 0.274 e. The maximum atomic E-state index is 13.6. The molecule has 1 fully saturated rings. The van der Waals surface area contributed by atoms with Crippen molar-refractivity contribution < 1.29 is 19.1 Å². The third kappa shape index (κ3) is 5.79. The largest absolute Gasteiger partial charge is 0.497 e. The van der Waals surface area contributed by atoms with Gasteiger partial charge in [-0.25, -0.2) is 0 Å². The van der Waals surface area contributed by atoms with Crippen LogP contribution in [0.25, 0.3) is 11.3 Å². The average Bonchev–Trinajstić information content (AvgIpc) is 3.35. The number of aromatic nitrogens is 2. The molecule has 1 N–H and O–H groups in total. The molecule has 3 aromatic rings. The first-order valence-electron chi connectivity index (χ1n) is 13.9. The third-order valence-electron chi connectivity index (χ3n) is 8.16. The number of piperidine rings is 1. The summed E-state index contributed by atoms with van der Waals surface area (Å²) in [5.74, 6) is 1.68. The number of ether oxygens (including phenoxy) is 2. The van der Waals surface area contributed by atoms with E-state index in [0.717, 1.165) is 48.4 Å². The minimum atomic E-state index is -0.470. The number of carbonyl (C=O) groups is 2. The summed E-state index contributed by atoms with van der Waals surface area (Å²) < 4.78 is 13.1. The van der Waals surface area contributed by atoms with Crippen molar-refractivity contribution in [3.63, 3.8) is 0 Å². The fourth-order valence-corrected chi connectivity index (χ4v) is 5.76. The Morgan fingerprint density at radius 2 is 1.82 bits per heavy atom. The van der Waals surface area contributed by atoms with E-state index in [2.05, 4.69) is 22.5 Å². The maximum Gasteiger partial charge on any atom is 0.274 e. The molecule has 1 spiro atoms. The number of hydrogen-bond acceptors (Lipinski definition) is 5. The second kappa shape index (κ2) is 11.5. The molecule has 0 bridgehead atoms. The zero-order chi connectivity index (χ0) is 27.4. The molecule has 0 radical (unpaired) electrons. The van der Waals surface area contributed by atoms with Crippen molar-refractivity contribution in [3.8, 4) is 22.8 Å². The van der Waals surface area contributed by atoms with E-state index in [1.54, 1.807) is 11.8 Å². The van der Waals surface area contributed by atoms with E-state index in [9.17, 15) is 9.59 Å². The predicted molar refractivity (Wildman–Crippen MR) is 150 cm³/mol. The zero-order valence-electron chi connectivity index (χ0n) is 23.1. The number of fused-ring (bicyclic) bond motifs is 1. The summed E-state index contributed by atoms with van der Waals surface area (Å²) in [7, 11) is 3.48. The van der Waals surface area contributed by atoms with E-state index in [4.69, 9.17) is 9.47 Å². The van der Waals surface area contributed by atoms with Gasteiger partial charge < -0.3 is 19.7 Å². The molecule has 5 rings (SSSR count). The Morgan fingerprint density at radius 1 is 1.08 bits per heavy atom. The van der Waals surface area contributed by atoms with Crippen molar-refractivity contribution in [1.29, 1.82) is 0 Å². The summed E-state index contributed by atoms with van der Waals surface area (Å²) in [6.07, 6.45) is 5.00. The minimum Gasteiger partial charge on any atom is -0.497 e. The van der Waals surface area contributed by atoms with Crippen LogP contribution >= 0.6 is 0 Å². The Bertz CT molecular complexity index is 1310. The Kier molecular flexibility index (Phi) is 7.91. The quantitative estimate of drug-likeness (QED) is 0.534. The Hall–Kier alpha value is -3.81. The molecular weight excluding hydrogens is 492 g/mol. The fourth-order valence-electron chi connectivity index (χ4n) is 5.76. The molecule has 1 atom stereocenters. The van der Waals surface area contributed by atoms with Crippen LogP contribution in [0.5, 0.6) is 11.5 Å². The first-order chi connectivity index (χ1) is 18.9. The summed E-state index contributed by atoms with van der Waals surface area (Å²) in [5, 5.41) is 7.73. The van der Waals surface area contributed by atoms with Crippen LogP contribution in [0.4, 0.5) is 0 Å². The standard InChI is InChI=1S/C31H38N4O4/c1-22-21-39-28-10-5-4-8-24(28)9-6-7-15-31(30(37)32-22)16-18-35(19-17-31)29(36)26-20-27(34(2)33-26)23-11-13-25(38-3)14-12-23/h4-5,8,10-14,20,22H,6-7,9,15-19,21H2,1-3H3,(H,32,37)/t22-/m1/s1. The number of hydrogen-bond donors (Lipinski definition) is 1. The van der Waals surface area contributed by atoms with Crippen molar-refractivity contribution in [3.05, 3.63) is 65.9 Å². The number of nitrogens with one attached hydrogen (secondary N) is 1. The lowest BCUT2D eigenvalue weighted by atomic mass is 9.73. The highest BCUT2D eigenvalue weighted by Gasteiger charge is 2.42. The van der Waals surface area contributed by atoms with Crippen LogP contribution < -0.4 is 14.8 Å². The number of likely N-dealkylation sites (tertiary alicyclic amines) is 1. The lowest BCUT2D eigenvalue weighted by Crippen LogP contribution is -2.52. The zero-order valence-corrected chi connectivity index (χ0v) is 23.1. The first-order valence-corrected chi connectivity index (χ1v) is 13.9. The molecule has 1 aromatic heterocycles. The topological polar surface area (TPSA) is 85.7 Å². The lowest BCUT2D eigenvalue weighted by Gasteiger charge is -2.41. The predicted octanol–water partition coefficient (Wildman–Crippen LogP) is 4.63. The molecular formula is C31H38N4O4. The van der Waals surface area contributed by atoms with E-state index in [-0.39, 0.29) is 17.9 Å². The number of methoxy groups -OCH3 is 1. The second-order valence-electron chi connectivity index (χ2n) is 10.8. The molecule has 2 aliphatic heterocycles. The van der Waals surface area contributed by atoms with E-state index in [1.807, 2.05) is 61.3 Å². The number of nitrogens with zero attached hydrogens (tertiary/aromatic N) is 3. The van der Waals surface area contributed by atoms with Crippen molar-refractivity contribution in [2.24, 2.45) is 12.5 Å². The highest BCUT2D eigenvalue weighted by atomic mass is 16.5. The van der Waals surface area contributed by atoms with Crippen LogP contribution in [0.1, 0.15) is 55.1 Å². The number of aryl methyl sites for hydroxylation is 2. The summed E-state index contributed by atoms with van der Waals surface area (Å²) in [6, 6.07) is 17.6. The molecule has 1 saturated heterocycles. The number of carbonyl (C=O) groups excluding carboxylic acids is 2. The average molecular weight is 531 g/mol. The van der Waals surface area contributed by atoms with Gasteiger partial charge in [-0.2, -0.15) is 5.10 Å². The molecule has 0 saturated carbocycles. The van der Waals surface area contributed by atoms with Gasteiger partial charge in [0, 0.05) is 25.7 Å². The highest BCUT2D eigenvalue weighted by Crippen LogP contribution is 2.38. The van der Waals surface area contributed by atoms with Gasteiger partial charge in [0.25, 0.3) is 5.91 Å². The van der Waals surface area contributed by atoms with E-state index >= 15 is 0 Å². The van der Waals surface area contributed by atoms with Gasteiger partial charge in [-0.3, -0.25) is 14.3 Å². The normalized spacial score (nSPS) is 19.7. The van der Waals surface area contributed by atoms with Crippen LogP contribution in [0.15, 0.2) is 54.6 Å². The van der Waals surface area contributed by atoms with Crippen molar-refractivity contribution in [2.75, 3.05) is 26.8 Å². The third-order valence-corrected chi connectivity index (χ3v) is 8.16. The number of para-hydroxylation sites is 1. The van der Waals surface area contributed by atoms with Crippen LogP contribution in [-0.4, -0.2) is 59.3 Å². The van der Waals surface area contributed by atoms with Gasteiger partial charge in [-0.15, -0.1) is 0 Å². The SMILES string of the molecule is COc1ccc(-c2cc(C(=O)N3CCC4(CCCCc5ccccc5OC[C@@H](C)NC4=O)CC3)nn2C)cc1. The Morgan fingerprint density at radius 3 is 2.56 bits per heavy atom. The molecule has 39 heavy (non-hydrogen) atoms. The maximum absolute atomic E-state index is 13.6. The summed E-state index contributed by atoms with van der Waals surface area (Å²) in [5.41, 5.74) is 3.00.